The van der Waals surface area contributed by atoms with Crippen molar-refractivity contribution in [1.29, 1.82) is 0 Å². The van der Waals surface area contributed by atoms with Crippen LogP contribution in [0.5, 0.6) is 5.75 Å². The molecule has 1 aromatic heterocycles. The first kappa shape index (κ1) is 18.6. The molecule has 1 unspecified atom stereocenters. The third kappa shape index (κ3) is 3.50. The quantitative estimate of drug-likeness (QED) is 0.713. The van der Waals surface area contributed by atoms with E-state index in [4.69, 9.17) is 0 Å². The zero-order valence-corrected chi connectivity index (χ0v) is 16.5. The lowest BCUT2D eigenvalue weighted by Gasteiger charge is -2.26. The van der Waals surface area contributed by atoms with Crippen molar-refractivity contribution in [1.82, 2.24) is 14.8 Å². The number of hydrogen-bond donors (Lipinski definition) is 2. The van der Waals surface area contributed by atoms with Gasteiger partial charge < -0.3 is 19.9 Å². The van der Waals surface area contributed by atoms with Gasteiger partial charge in [0.1, 0.15) is 5.75 Å². The third-order valence-electron chi connectivity index (χ3n) is 5.61. The molecule has 1 amide bonds. The monoisotopic (exact) mass is 377 g/mol. The highest BCUT2D eigenvalue weighted by Crippen LogP contribution is 2.35. The Kier molecular flexibility index (Phi) is 5.09. The highest BCUT2D eigenvalue weighted by atomic mass is 16.3. The second-order valence-electron chi connectivity index (χ2n) is 7.82. The molecule has 0 radical (unpaired) electrons. The van der Waals surface area contributed by atoms with Crippen molar-refractivity contribution < 1.29 is 9.90 Å². The molecular formula is C23H27N3O2. The molecule has 0 fully saturated rings. The van der Waals surface area contributed by atoms with Crippen molar-refractivity contribution in [3.8, 4) is 5.75 Å². The van der Waals surface area contributed by atoms with Crippen molar-refractivity contribution in [2.24, 2.45) is 0 Å². The van der Waals surface area contributed by atoms with Crippen LogP contribution in [-0.2, 0) is 13.0 Å². The Hall–Kier alpha value is -2.79. The van der Waals surface area contributed by atoms with Crippen molar-refractivity contribution in [3.63, 3.8) is 0 Å². The fraction of sp³-hybridized carbons (Fsp3) is 0.348. The Bertz CT molecular complexity index is 1010. The van der Waals surface area contributed by atoms with Crippen molar-refractivity contribution >= 4 is 16.8 Å². The zero-order valence-electron chi connectivity index (χ0n) is 16.5. The summed E-state index contributed by atoms with van der Waals surface area (Å²) >= 11 is 0. The van der Waals surface area contributed by atoms with E-state index < -0.39 is 0 Å². The van der Waals surface area contributed by atoms with Gasteiger partial charge in [0.05, 0.1) is 11.6 Å². The van der Waals surface area contributed by atoms with Crippen molar-refractivity contribution in [2.75, 3.05) is 20.6 Å². The van der Waals surface area contributed by atoms with E-state index in [9.17, 15) is 9.90 Å². The number of rotatable bonds is 5. The van der Waals surface area contributed by atoms with Crippen LogP contribution in [-0.4, -0.2) is 41.1 Å². The van der Waals surface area contributed by atoms with Gasteiger partial charge in [-0.05, 0) is 56.6 Å². The van der Waals surface area contributed by atoms with E-state index >= 15 is 0 Å². The molecule has 1 atom stereocenters. The van der Waals surface area contributed by atoms with Gasteiger partial charge in [-0.25, -0.2) is 0 Å². The number of fused-ring (bicyclic) bond motifs is 2. The molecule has 28 heavy (non-hydrogen) atoms. The summed E-state index contributed by atoms with van der Waals surface area (Å²) in [5.41, 5.74) is 3.79. The van der Waals surface area contributed by atoms with Crippen molar-refractivity contribution in [2.45, 2.75) is 31.8 Å². The number of hydrogen-bond acceptors (Lipinski definition) is 3. The maximum Gasteiger partial charge on any atom is 0.253 e. The van der Waals surface area contributed by atoms with Crippen LogP contribution in [0.4, 0.5) is 0 Å². The van der Waals surface area contributed by atoms with Crippen LogP contribution < -0.4 is 5.32 Å². The highest BCUT2D eigenvalue weighted by molar-refractivity contribution is 6.07. The second-order valence-corrected chi connectivity index (χ2v) is 7.82. The van der Waals surface area contributed by atoms with Crippen LogP contribution in [0, 0.1) is 0 Å². The van der Waals surface area contributed by atoms with Gasteiger partial charge in [0.25, 0.3) is 5.91 Å². The minimum atomic E-state index is -0.0627. The van der Waals surface area contributed by atoms with Crippen LogP contribution in [0.1, 0.15) is 40.4 Å². The van der Waals surface area contributed by atoms with Gasteiger partial charge in [-0.2, -0.15) is 0 Å². The van der Waals surface area contributed by atoms with Crippen LogP contribution in [0.3, 0.4) is 0 Å². The number of likely N-dealkylation sites (N-methyl/N-ethyl adjacent to an activating group) is 1. The van der Waals surface area contributed by atoms with E-state index in [1.165, 1.54) is 0 Å². The Morgan fingerprint density at radius 1 is 1.21 bits per heavy atom. The Balaban J connectivity index is 1.63. The van der Waals surface area contributed by atoms with Crippen molar-refractivity contribution in [3.05, 3.63) is 65.4 Å². The van der Waals surface area contributed by atoms with Gasteiger partial charge in [-0.15, -0.1) is 0 Å². The normalized spacial score (nSPS) is 16.3. The van der Waals surface area contributed by atoms with Crippen LogP contribution >= 0.6 is 0 Å². The van der Waals surface area contributed by atoms with E-state index in [2.05, 4.69) is 34.9 Å². The summed E-state index contributed by atoms with van der Waals surface area (Å²) in [4.78, 5) is 15.3. The Labute approximate surface area is 165 Å². The van der Waals surface area contributed by atoms with E-state index in [1.807, 2.05) is 36.5 Å². The lowest BCUT2D eigenvalue weighted by Crippen LogP contribution is -2.31. The number of aromatic nitrogens is 1. The van der Waals surface area contributed by atoms with Gasteiger partial charge in [0.2, 0.25) is 0 Å². The van der Waals surface area contributed by atoms with Gasteiger partial charge >= 0.3 is 0 Å². The smallest absolute Gasteiger partial charge is 0.253 e. The lowest BCUT2D eigenvalue weighted by atomic mass is 9.87. The summed E-state index contributed by atoms with van der Waals surface area (Å²) in [6, 6.07) is 13.6. The number of phenolic OH excluding ortho intramolecular Hbond substituents is 1. The first-order chi connectivity index (χ1) is 13.5. The largest absolute Gasteiger partial charge is 0.508 e. The van der Waals surface area contributed by atoms with E-state index in [1.54, 1.807) is 6.07 Å². The zero-order chi connectivity index (χ0) is 19.7. The Morgan fingerprint density at radius 3 is 2.86 bits per heavy atom. The summed E-state index contributed by atoms with van der Waals surface area (Å²) in [6.45, 7) is 1.75. The molecule has 4 rings (SSSR count). The van der Waals surface area contributed by atoms with Gasteiger partial charge in [-0.1, -0.05) is 30.3 Å². The minimum Gasteiger partial charge on any atom is -0.508 e. The summed E-state index contributed by atoms with van der Waals surface area (Å²) in [5.74, 6) is 0.276. The standard InChI is InChI=1S/C23H27N3O2/c1-25(2)13-14-26-15-19(17-7-3-4-11-21(17)26)23(28)24-20-10-5-9-18-16(20)8-6-12-22(18)27/h3-4,6-8,11-12,15,20,27H,5,9-10,13-14H2,1-2H3,(H,24,28). The summed E-state index contributed by atoms with van der Waals surface area (Å²) in [7, 11) is 4.10. The number of nitrogens with zero attached hydrogens (tertiary/aromatic N) is 2. The SMILES string of the molecule is CN(C)CCn1cc(C(=O)NC2CCCc3c(O)cccc32)c2ccccc21. The second kappa shape index (κ2) is 7.68. The number of benzene rings is 2. The molecule has 0 bridgehead atoms. The molecule has 0 spiro atoms. The lowest BCUT2D eigenvalue weighted by molar-refractivity contribution is 0.0934. The number of amides is 1. The fourth-order valence-corrected chi connectivity index (χ4v) is 4.14. The van der Waals surface area contributed by atoms with Gasteiger partial charge in [0, 0.05) is 30.2 Å². The number of para-hydroxylation sites is 1. The van der Waals surface area contributed by atoms with E-state index in [0.717, 1.165) is 54.4 Å². The van der Waals surface area contributed by atoms with Gasteiger partial charge in [0.15, 0.2) is 0 Å². The molecule has 5 nitrogen and oxygen atoms in total. The van der Waals surface area contributed by atoms with Crippen LogP contribution in [0.25, 0.3) is 10.9 Å². The predicted molar refractivity (Wildman–Crippen MR) is 112 cm³/mol. The number of aromatic hydroxyl groups is 1. The molecule has 1 aliphatic rings. The average Bonchev–Trinajstić information content (AvgIpc) is 3.06. The summed E-state index contributed by atoms with van der Waals surface area (Å²) in [5, 5.41) is 14.3. The first-order valence-electron chi connectivity index (χ1n) is 9.89. The van der Waals surface area contributed by atoms with Crippen LogP contribution in [0.2, 0.25) is 0 Å². The number of carbonyl (C=O) groups is 1. The summed E-state index contributed by atoms with van der Waals surface area (Å²) < 4.78 is 2.16. The molecule has 1 heterocycles. The van der Waals surface area contributed by atoms with E-state index in [-0.39, 0.29) is 11.9 Å². The molecule has 1 aliphatic carbocycles. The molecule has 146 valence electrons. The molecular weight excluding hydrogens is 350 g/mol. The molecule has 2 aromatic carbocycles. The maximum atomic E-state index is 13.2. The summed E-state index contributed by atoms with van der Waals surface area (Å²) in [6.07, 6.45) is 4.68. The molecule has 0 saturated carbocycles. The molecule has 0 aliphatic heterocycles. The number of carbonyl (C=O) groups excluding carboxylic acids is 1. The highest BCUT2D eigenvalue weighted by Gasteiger charge is 2.25. The first-order valence-corrected chi connectivity index (χ1v) is 9.89. The average molecular weight is 377 g/mol. The fourth-order valence-electron chi connectivity index (χ4n) is 4.14. The molecule has 3 aromatic rings. The maximum absolute atomic E-state index is 13.2. The predicted octanol–water partition coefficient (Wildman–Crippen LogP) is 3.72. The number of nitrogens with one attached hydrogen (secondary N) is 1. The van der Waals surface area contributed by atoms with E-state index in [0.29, 0.717) is 11.3 Å². The molecule has 2 N–H and O–H groups in total. The molecule has 5 heteroatoms. The molecule has 0 saturated heterocycles. The van der Waals surface area contributed by atoms with Crippen LogP contribution in [0.15, 0.2) is 48.7 Å². The Morgan fingerprint density at radius 2 is 2.04 bits per heavy atom. The minimum absolute atomic E-state index is 0.0546. The third-order valence-corrected chi connectivity index (χ3v) is 5.61. The number of phenols is 1. The van der Waals surface area contributed by atoms with Gasteiger partial charge in [-0.3, -0.25) is 4.79 Å². The topological polar surface area (TPSA) is 57.5 Å².